The molecule has 206 valence electrons. The van der Waals surface area contributed by atoms with Crippen LogP contribution in [0.2, 0.25) is 0 Å². The van der Waals surface area contributed by atoms with Crippen molar-refractivity contribution in [2.24, 2.45) is 0 Å². The van der Waals surface area contributed by atoms with Gasteiger partial charge in [0.25, 0.3) is 0 Å². The summed E-state index contributed by atoms with van der Waals surface area (Å²) in [6.07, 6.45) is 0. The fraction of sp³-hybridized carbons (Fsp3) is 0. The highest BCUT2D eigenvalue weighted by Crippen LogP contribution is 2.41. The second-order valence-electron chi connectivity index (χ2n) is 11.2. The highest BCUT2D eigenvalue weighted by atomic mass is 15.1. The molecule has 0 spiro atoms. The molecule has 0 aliphatic carbocycles. The average molecular weight is 562 g/mol. The number of hydrogen-bond acceptors (Lipinski definition) is 1. The molecule has 0 amide bonds. The zero-order valence-electron chi connectivity index (χ0n) is 23.9. The molecular formula is C41H27N3. The highest BCUT2D eigenvalue weighted by Gasteiger charge is 2.21. The Balaban J connectivity index is 1.32. The lowest BCUT2D eigenvalue weighted by Crippen LogP contribution is -1.99. The van der Waals surface area contributed by atoms with E-state index in [0.717, 1.165) is 33.8 Å². The molecule has 0 saturated carbocycles. The number of rotatable bonds is 4. The van der Waals surface area contributed by atoms with Crippen LogP contribution in [-0.4, -0.2) is 14.1 Å². The third-order valence-electron chi connectivity index (χ3n) is 8.71. The Hall–Kier alpha value is -5.93. The van der Waals surface area contributed by atoms with Gasteiger partial charge in [-0.3, -0.25) is 4.57 Å². The number of aromatic nitrogens is 3. The molecule has 6 aromatic carbocycles. The Labute approximate surface area is 254 Å². The number of fused-ring (bicyclic) bond motifs is 7. The van der Waals surface area contributed by atoms with Gasteiger partial charge in [-0.25, -0.2) is 4.98 Å². The molecule has 0 aliphatic rings. The second kappa shape index (κ2) is 9.82. The van der Waals surface area contributed by atoms with Gasteiger partial charge in [-0.2, -0.15) is 0 Å². The molecule has 0 radical (unpaired) electrons. The number of benzene rings is 6. The van der Waals surface area contributed by atoms with E-state index in [0.29, 0.717) is 0 Å². The van der Waals surface area contributed by atoms with Gasteiger partial charge in [0, 0.05) is 32.8 Å². The van der Waals surface area contributed by atoms with Crippen LogP contribution in [0.5, 0.6) is 0 Å². The van der Waals surface area contributed by atoms with Gasteiger partial charge < -0.3 is 4.57 Å². The molecule has 9 rings (SSSR count). The minimum Gasteiger partial charge on any atom is -0.309 e. The summed E-state index contributed by atoms with van der Waals surface area (Å²) < 4.78 is 4.74. The number of hydrogen-bond donors (Lipinski definition) is 0. The van der Waals surface area contributed by atoms with Crippen molar-refractivity contribution in [1.82, 2.24) is 14.1 Å². The lowest BCUT2D eigenvalue weighted by molar-refractivity contribution is 1.08. The first-order valence-electron chi connectivity index (χ1n) is 15.0. The zero-order chi connectivity index (χ0) is 29.0. The summed E-state index contributed by atoms with van der Waals surface area (Å²) in [4.78, 5) is 5.28. The Morgan fingerprint density at radius 3 is 1.84 bits per heavy atom. The lowest BCUT2D eigenvalue weighted by atomic mass is 10.0. The SMILES string of the molecule is c1ccc(-c2cccc(-c3cccc(-n4c5ccccc5c5c4ccc4c6ccccc6n(-c6ccccc6)c45)n3)c2)cc1. The molecule has 0 unspecified atom stereocenters. The predicted molar refractivity (Wildman–Crippen MR) is 184 cm³/mol. The maximum absolute atomic E-state index is 5.28. The molecule has 44 heavy (non-hydrogen) atoms. The third kappa shape index (κ3) is 3.73. The molecule has 3 heteroatoms. The molecule has 0 bridgehead atoms. The van der Waals surface area contributed by atoms with E-state index in [1.165, 1.54) is 43.7 Å². The van der Waals surface area contributed by atoms with Crippen LogP contribution in [-0.2, 0) is 0 Å². The Bertz CT molecular complexity index is 2480. The number of pyridine rings is 1. The van der Waals surface area contributed by atoms with Crippen molar-refractivity contribution in [2.75, 3.05) is 0 Å². The smallest absolute Gasteiger partial charge is 0.138 e. The van der Waals surface area contributed by atoms with Crippen molar-refractivity contribution in [3.63, 3.8) is 0 Å². The van der Waals surface area contributed by atoms with Gasteiger partial charge in [0.15, 0.2) is 0 Å². The minimum atomic E-state index is 0.903. The zero-order valence-corrected chi connectivity index (χ0v) is 23.9. The van der Waals surface area contributed by atoms with Crippen molar-refractivity contribution < 1.29 is 0 Å². The first kappa shape index (κ1) is 24.6. The van der Waals surface area contributed by atoms with Crippen LogP contribution >= 0.6 is 0 Å². The van der Waals surface area contributed by atoms with E-state index in [4.69, 9.17) is 4.98 Å². The van der Waals surface area contributed by atoms with E-state index in [2.05, 4.69) is 173 Å². The number of para-hydroxylation sites is 3. The molecule has 3 aromatic heterocycles. The summed E-state index contributed by atoms with van der Waals surface area (Å²) in [7, 11) is 0. The summed E-state index contributed by atoms with van der Waals surface area (Å²) in [5.74, 6) is 0.903. The average Bonchev–Trinajstić information content (AvgIpc) is 3.62. The minimum absolute atomic E-state index is 0.903. The van der Waals surface area contributed by atoms with Gasteiger partial charge in [0.2, 0.25) is 0 Å². The van der Waals surface area contributed by atoms with Crippen molar-refractivity contribution in [3.8, 4) is 33.9 Å². The van der Waals surface area contributed by atoms with Gasteiger partial charge in [-0.05, 0) is 59.7 Å². The largest absolute Gasteiger partial charge is 0.309 e. The molecule has 0 N–H and O–H groups in total. The van der Waals surface area contributed by atoms with Crippen LogP contribution in [0.3, 0.4) is 0 Å². The number of nitrogens with zero attached hydrogens (tertiary/aromatic N) is 3. The van der Waals surface area contributed by atoms with Crippen molar-refractivity contribution in [3.05, 3.63) is 164 Å². The summed E-state index contributed by atoms with van der Waals surface area (Å²) in [6, 6.07) is 58.2. The van der Waals surface area contributed by atoms with Crippen LogP contribution in [0, 0.1) is 0 Å². The molecule has 0 fully saturated rings. The lowest BCUT2D eigenvalue weighted by Gasteiger charge is -2.11. The van der Waals surface area contributed by atoms with Gasteiger partial charge in [0.1, 0.15) is 5.82 Å². The second-order valence-corrected chi connectivity index (χ2v) is 11.2. The first-order chi connectivity index (χ1) is 21.8. The Morgan fingerprint density at radius 2 is 1.02 bits per heavy atom. The summed E-state index contributed by atoms with van der Waals surface area (Å²) in [6.45, 7) is 0. The van der Waals surface area contributed by atoms with E-state index >= 15 is 0 Å². The van der Waals surface area contributed by atoms with Crippen LogP contribution in [0.25, 0.3) is 77.5 Å². The summed E-state index contributed by atoms with van der Waals surface area (Å²) in [5, 5.41) is 4.95. The maximum atomic E-state index is 5.28. The summed E-state index contributed by atoms with van der Waals surface area (Å²) >= 11 is 0. The first-order valence-corrected chi connectivity index (χ1v) is 15.0. The molecule has 9 aromatic rings. The Morgan fingerprint density at radius 1 is 0.386 bits per heavy atom. The van der Waals surface area contributed by atoms with Gasteiger partial charge >= 0.3 is 0 Å². The van der Waals surface area contributed by atoms with Crippen LogP contribution in [0.1, 0.15) is 0 Å². The van der Waals surface area contributed by atoms with Crippen molar-refractivity contribution >= 4 is 43.6 Å². The molecular weight excluding hydrogens is 534 g/mol. The van der Waals surface area contributed by atoms with Crippen molar-refractivity contribution in [1.29, 1.82) is 0 Å². The fourth-order valence-corrected chi connectivity index (χ4v) is 6.80. The maximum Gasteiger partial charge on any atom is 0.138 e. The van der Waals surface area contributed by atoms with E-state index in [-0.39, 0.29) is 0 Å². The van der Waals surface area contributed by atoms with E-state index < -0.39 is 0 Å². The third-order valence-corrected chi connectivity index (χ3v) is 8.71. The van der Waals surface area contributed by atoms with Crippen LogP contribution < -0.4 is 0 Å². The topological polar surface area (TPSA) is 22.8 Å². The molecule has 0 aliphatic heterocycles. The van der Waals surface area contributed by atoms with Gasteiger partial charge in [0.05, 0.1) is 27.8 Å². The molecule has 3 nitrogen and oxygen atoms in total. The van der Waals surface area contributed by atoms with Gasteiger partial charge in [-0.1, -0.05) is 115 Å². The predicted octanol–water partition coefficient (Wildman–Crippen LogP) is 10.6. The fourth-order valence-electron chi connectivity index (χ4n) is 6.80. The van der Waals surface area contributed by atoms with E-state index in [1.54, 1.807) is 0 Å². The Kier molecular flexibility index (Phi) is 5.50. The quantitative estimate of drug-likeness (QED) is 0.210. The normalized spacial score (nSPS) is 11.6. The van der Waals surface area contributed by atoms with Crippen LogP contribution in [0.15, 0.2) is 164 Å². The van der Waals surface area contributed by atoms with E-state index in [9.17, 15) is 0 Å². The van der Waals surface area contributed by atoms with E-state index in [1.807, 2.05) is 0 Å². The molecule has 0 saturated heterocycles. The molecule has 0 atom stereocenters. The standard InChI is InChI=1S/C41H27N3/c1-3-13-28(14-4-1)29-15-11-16-30(27-29)35-21-12-24-39(42-35)44-37-23-10-8-20-34(37)40-38(44)26-25-33-32-19-7-9-22-36(32)43(41(33)40)31-17-5-2-6-18-31/h1-27H. The summed E-state index contributed by atoms with van der Waals surface area (Å²) in [5.41, 5.74) is 10.3. The molecule has 3 heterocycles. The monoisotopic (exact) mass is 561 g/mol. The highest BCUT2D eigenvalue weighted by molar-refractivity contribution is 6.26. The van der Waals surface area contributed by atoms with Crippen LogP contribution in [0.4, 0.5) is 0 Å². The van der Waals surface area contributed by atoms with Crippen molar-refractivity contribution in [2.45, 2.75) is 0 Å². The van der Waals surface area contributed by atoms with Gasteiger partial charge in [-0.15, -0.1) is 0 Å².